The van der Waals surface area contributed by atoms with E-state index in [1.807, 2.05) is 0 Å². The third-order valence-electron chi connectivity index (χ3n) is 2.20. The number of anilines is 1. The molecule has 0 aliphatic carbocycles. The molecule has 90 valence electrons. The monoisotopic (exact) mass is 299 g/mol. The Kier molecular flexibility index (Phi) is 3.14. The van der Waals surface area contributed by atoms with Gasteiger partial charge in [0.1, 0.15) is 5.82 Å². The van der Waals surface area contributed by atoms with E-state index >= 15 is 0 Å². The summed E-state index contributed by atoms with van der Waals surface area (Å²) in [5, 5.41) is 3.99. The maximum absolute atomic E-state index is 11.5. The molecule has 0 unspecified atom stereocenters. The number of hydrogen-bond donors (Lipinski definition) is 2. The van der Waals surface area contributed by atoms with Crippen LogP contribution >= 0.6 is 15.9 Å². The number of H-pyrrole nitrogens is 1. The fraction of sp³-hybridized carbons (Fsp3) is 0.222. The van der Waals surface area contributed by atoms with Crippen molar-refractivity contribution >= 4 is 21.7 Å². The molecule has 0 fully saturated rings. The Morgan fingerprint density at radius 2 is 2.18 bits per heavy atom. The first-order chi connectivity index (χ1) is 8.06. The van der Waals surface area contributed by atoms with Crippen LogP contribution in [0, 0.1) is 0 Å². The molecule has 0 radical (unpaired) electrons. The molecule has 0 saturated heterocycles. The van der Waals surface area contributed by atoms with E-state index in [2.05, 4.69) is 26.0 Å². The standard InChI is InChI=1S/C9H10BrN5O2/c10-6-5-14(9(17)12-8(6)16)3-4-15-2-1-7(11)13-15/h1-2,5H,3-4H2,(H2,11,13)(H,12,16,17). The number of rotatable bonds is 3. The molecular weight excluding hydrogens is 290 g/mol. The number of nitrogen functional groups attached to an aromatic ring is 1. The number of aryl methyl sites for hydroxylation is 2. The lowest BCUT2D eigenvalue weighted by Crippen LogP contribution is -2.30. The van der Waals surface area contributed by atoms with Crippen molar-refractivity contribution in [2.24, 2.45) is 0 Å². The third kappa shape index (κ3) is 2.64. The molecule has 17 heavy (non-hydrogen) atoms. The zero-order valence-electron chi connectivity index (χ0n) is 8.76. The van der Waals surface area contributed by atoms with Crippen LogP contribution < -0.4 is 17.0 Å². The van der Waals surface area contributed by atoms with E-state index in [9.17, 15) is 9.59 Å². The summed E-state index contributed by atoms with van der Waals surface area (Å²) in [4.78, 5) is 24.8. The van der Waals surface area contributed by atoms with Crippen molar-refractivity contribution in [3.63, 3.8) is 0 Å². The van der Waals surface area contributed by atoms with Gasteiger partial charge in [-0.25, -0.2) is 4.79 Å². The maximum Gasteiger partial charge on any atom is 0.328 e. The van der Waals surface area contributed by atoms with Crippen molar-refractivity contribution in [1.82, 2.24) is 19.3 Å². The van der Waals surface area contributed by atoms with Crippen LogP contribution in [0.3, 0.4) is 0 Å². The molecule has 7 nitrogen and oxygen atoms in total. The number of hydrogen-bond acceptors (Lipinski definition) is 4. The Morgan fingerprint density at radius 3 is 2.82 bits per heavy atom. The number of aromatic nitrogens is 4. The van der Waals surface area contributed by atoms with Crippen LogP contribution in [0.1, 0.15) is 0 Å². The van der Waals surface area contributed by atoms with Crippen LogP contribution in [-0.4, -0.2) is 19.3 Å². The van der Waals surface area contributed by atoms with Crippen LogP contribution in [0.2, 0.25) is 0 Å². The fourth-order valence-electron chi connectivity index (χ4n) is 1.36. The minimum absolute atomic E-state index is 0.317. The second-order valence-electron chi connectivity index (χ2n) is 3.43. The minimum Gasteiger partial charge on any atom is -0.382 e. The molecule has 2 aromatic rings. The van der Waals surface area contributed by atoms with Gasteiger partial charge in [0.15, 0.2) is 0 Å². The Bertz CT molecular complexity index is 641. The topological polar surface area (TPSA) is 98.7 Å². The molecule has 0 amide bonds. The molecule has 0 aliphatic rings. The van der Waals surface area contributed by atoms with Gasteiger partial charge in [-0.2, -0.15) is 5.10 Å². The molecule has 0 aliphatic heterocycles. The van der Waals surface area contributed by atoms with Gasteiger partial charge in [-0.15, -0.1) is 0 Å². The van der Waals surface area contributed by atoms with Gasteiger partial charge in [-0.1, -0.05) is 0 Å². The van der Waals surface area contributed by atoms with Crippen molar-refractivity contribution in [3.8, 4) is 0 Å². The second-order valence-corrected chi connectivity index (χ2v) is 4.29. The number of nitrogens with two attached hydrogens (primary N) is 1. The average Bonchev–Trinajstić information content (AvgIpc) is 2.68. The SMILES string of the molecule is Nc1ccn(CCn2cc(Br)c(=O)[nH]c2=O)n1. The summed E-state index contributed by atoms with van der Waals surface area (Å²) >= 11 is 3.06. The number of aromatic amines is 1. The summed E-state index contributed by atoms with van der Waals surface area (Å²) in [5.41, 5.74) is 4.58. The van der Waals surface area contributed by atoms with E-state index in [0.29, 0.717) is 23.4 Å². The lowest BCUT2D eigenvalue weighted by atomic mass is 10.5. The molecule has 2 rings (SSSR count). The van der Waals surface area contributed by atoms with Gasteiger partial charge in [-0.05, 0) is 22.0 Å². The summed E-state index contributed by atoms with van der Waals surface area (Å²) in [5.74, 6) is 0.431. The Morgan fingerprint density at radius 1 is 1.41 bits per heavy atom. The van der Waals surface area contributed by atoms with Gasteiger partial charge < -0.3 is 5.73 Å². The molecule has 2 heterocycles. The molecule has 2 aromatic heterocycles. The number of halogens is 1. The summed E-state index contributed by atoms with van der Waals surface area (Å²) in [7, 11) is 0. The Labute approximate surface area is 104 Å². The van der Waals surface area contributed by atoms with Crippen molar-refractivity contribution in [2.45, 2.75) is 13.1 Å². The summed E-state index contributed by atoms with van der Waals surface area (Å²) in [6.45, 7) is 0.894. The molecule has 0 saturated carbocycles. The van der Waals surface area contributed by atoms with Gasteiger partial charge in [0.2, 0.25) is 0 Å². The van der Waals surface area contributed by atoms with Gasteiger partial charge in [0, 0.05) is 18.9 Å². The number of nitrogens with one attached hydrogen (secondary N) is 1. The molecule has 8 heteroatoms. The van der Waals surface area contributed by atoms with E-state index in [0.717, 1.165) is 0 Å². The van der Waals surface area contributed by atoms with Crippen LogP contribution in [-0.2, 0) is 13.1 Å². The van der Waals surface area contributed by atoms with Gasteiger partial charge in [0.25, 0.3) is 5.56 Å². The lowest BCUT2D eigenvalue weighted by Gasteiger charge is -2.05. The molecule has 0 bridgehead atoms. The first kappa shape index (κ1) is 11.6. The third-order valence-corrected chi connectivity index (χ3v) is 2.76. The smallest absolute Gasteiger partial charge is 0.328 e. The van der Waals surface area contributed by atoms with E-state index in [1.165, 1.54) is 10.8 Å². The van der Waals surface area contributed by atoms with Crippen LogP contribution in [0.15, 0.2) is 32.5 Å². The summed E-state index contributed by atoms with van der Waals surface area (Å²) in [6.07, 6.45) is 3.18. The molecule has 3 N–H and O–H groups in total. The van der Waals surface area contributed by atoms with Crippen LogP contribution in [0.5, 0.6) is 0 Å². The van der Waals surface area contributed by atoms with Crippen molar-refractivity contribution in [3.05, 3.63) is 43.8 Å². The van der Waals surface area contributed by atoms with Gasteiger partial charge >= 0.3 is 5.69 Å². The minimum atomic E-state index is -0.446. The summed E-state index contributed by atoms with van der Waals surface area (Å²) in [6, 6.07) is 1.67. The fourth-order valence-corrected chi connectivity index (χ4v) is 1.71. The van der Waals surface area contributed by atoms with Gasteiger partial charge in [0.05, 0.1) is 11.0 Å². The van der Waals surface area contributed by atoms with Crippen LogP contribution in [0.4, 0.5) is 5.82 Å². The van der Waals surface area contributed by atoms with E-state index in [4.69, 9.17) is 5.73 Å². The lowest BCUT2D eigenvalue weighted by molar-refractivity contribution is 0.516. The zero-order valence-corrected chi connectivity index (χ0v) is 10.3. The Balaban J connectivity index is 2.17. The normalized spacial score (nSPS) is 10.6. The highest BCUT2D eigenvalue weighted by atomic mass is 79.9. The molecular formula is C9H10BrN5O2. The maximum atomic E-state index is 11.5. The van der Waals surface area contributed by atoms with E-state index in [-0.39, 0.29) is 0 Å². The van der Waals surface area contributed by atoms with Crippen molar-refractivity contribution < 1.29 is 0 Å². The first-order valence-corrected chi connectivity index (χ1v) is 5.64. The second kappa shape index (κ2) is 4.58. The predicted molar refractivity (Wildman–Crippen MR) is 65.7 cm³/mol. The zero-order chi connectivity index (χ0) is 12.4. The predicted octanol–water partition coefficient (Wildman–Crippen LogP) is -0.222. The van der Waals surface area contributed by atoms with E-state index in [1.54, 1.807) is 16.9 Å². The van der Waals surface area contributed by atoms with E-state index < -0.39 is 11.2 Å². The number of nitrogens with zero attached hydrogens (tertiary/aromatic N) is 3. The van der Waals surface area contributed by atoms with Crippen molar-refractivity contribution in [1.29, 1.82) is 0 Å². The summed E-state index contributed by atoms with van der Waals surface area (Å²) < 4.78 is 3.33. The quantitative estimate of drug-likeness (QED) is 0.818. The van der Waals surface area contributed by atoms with Crippen molar-refractivity contribution in [2.75, 3.05) is 5.73 Å². The molecule has 0 atom stereocenters. The van der Waals surface area contributed by atoms with Gasteiger partial charge in [-0.3, -0.25) is 19.0 Å². The first-order valence-electron chi connectivity index (χ1n) is 4.84. The van der Waals surface area contributed by atoms with Crippen LogP contribution in [0.25, 0.3) is 0 Å². The largest absolute Gasteiger partial charge is 0.382 e. The molecule has 0 spiro atoms. The highest BCUT2D eigenvalue weighted by molar-refractivity contribution is 9.10. The average molecular weight is 300 g/mol. The Hall–Kier alpha value is -1.83. The highest BCUT2D eigenvalue weighted by Crippen LogP contribution is 1.99. The molecule has 0 aromatic carbocycles. The highest BCUT2D eigenvalue weighted by Gasteiger charge is 2.02.